The second-order valence-corrected chi connectivity index (χ2v) is 3.66. The minimum absolute atomic E-state index is 0.0196. The van der Waals surface area contributed by atoms with Gasteiger partial charge in [0, 0.05) is 6.21 Å². The highest BCUT2D eigenvalue weighted by molar-refractivity contribution is 5.58. The number of rotatable bonds is 4. The Kier molecular flexibility index (Phi) is 4.17. The molecule has 0 saturated heterocycles. The van der Waals surface area contributed by atoms with Gasteiger partial charge in [-0.15, -0.1) is 0 Å². The summed E-state index contributed by atoms with van der Waals surface area (Å²) in [6, 6.07) is 10.1. The molecule has 0 amide bonds. The maximum atomic E-state index is 5.31. The Bertz CT molecular complexity index is 280. The largest absolute Gasteiger partial charge is 0.388 e. The Morgan fingerprint density at radius 3 is 2.36 bits per heavy atom. The van der Waals surface area contributed by atoms with Crippen molar-refractivity contribution in [2.75, 3.05) is 0 Å². The lowest BCUT2D eigenvalue weighted by Crippen LogP contribution is -1.96. The molecule has 1 atom stereocenters. The molecule has 1 aromatic carbocycles. The highest BCUT2D eigenvalue weighted by atomic mass is 16.6. The van der Waals surface area contributed by atoms with Crippen molar-refractivity contribution in [1.29, 1.82) is 0 Å². The van der Waals surface area contributed by atoms with Crippen molar-refractivity contribution in [1.82, 2.24) is 0 Å². The van der Waals surface area contributed by atoms with E-state index in [9.17, 15) is 0 Å². The SMILES string of the molecule is CC(C)/C=N\OC(C)c1ccccc1. The van der Waals surface area contributed by atoms with Crippen LogP contribution in [0.2, 0.25) is 0 Å². The molecule has 0 N–H and O–H groups in total. The van der Waals surface area contributed by atoms with Crippen LogP contribution >= 0.6 is 0 Å². The van der Waals surface area contributed by atoms with Gasteiger partial charge in [-0.3, -0.25) is 0 Å². The smallest absolute Gasteiger partial charge is 0.149 e. The first-order valence-corrected chi connectivity index (χ1v) is 4.94. The lowest BCUT2D eigenvalue weighted by molar-refractivity contribution is 0.0727. The summed E-state index contributed by atoms with van der Waals surface area (Å²) in [5, 5.41) is 3.92. The van der Waals surface area contributed by atoms with E-state index in [2.05, 4.69) is 19.0 Å². The third-order valence-corrected chi connectivity index (χ3v) is 1.85. The second-order valence-electron chi connectivity index (χ2n) is 3.66. The van der Waals surface area contributed by atoms with Gasteiger partial charge in [-0.1, -0.05) is 49.3 Å². The first-order chi connectivity index (χ1) is 6.70. The van der Waals surface area contributed by atoms with Crippen LogP contribution in [0.1, 0.15) is 32.4 Å². The van der Waals surface area contributed by atoms with Gasteiger partial charge < -0.3 is 4.84 Å². The fourth-order valence-electron chi connectivity index (χ4n) is 1.03. The van der Waals surface area contributed by atoms with Gasteiger partial charge >= 0.3 is 0 Å². The van der Waals surface area contributed by atoms with Crippen LogP contribution in [0.25, 0.3) is 0 Å². The fraction of sp³-hybridized carbons (Fsp3) is 0.417. The molecule has 0 aliphatic rings. The second kappa shape index (κ2) is 5.43. The molecule has 0 bridgehead atoms. The van der Waals surface area contributed by atoms with Crippen molar-refractivity contribution < 1.29 is 4.84 Å². The minimum Gasteiger partial charge on any atom is -0.388 e. The number of benzene rings is 1. The minimum atomic E-state index is 0.0196. The Hall–Kier alpha value is -1.31. The quantitative estimate of drug-likeness (QED) is 0.528. The fourth-order valence-corrected chi connectivity index (χ4v) is 1.03. The van der Waals surface area contributed by atoms with E-state index in [0.717, 1.165) is 5.56 Å². The molecule has 76 valence electrons. The standard InChI is InChI=1S/C12H17NO/c1-10(2)9-13-14-11(3)12-7-5-4-6-8-12/h4-11H,1-3H3/b13-9-. The predicted molar refractivity (Wildman–Crippen MR) is 59.3 cm³/mol. The molecule has 0 aliphatic carbocycles. The maximum Gasteiger partial charge on any atom is 0.149 e. The number of nitrogens with zero attached hydrogens (tertiary/aromatic N) is 1. The molecular formula is C12H17NO. The summed E-state index contributed by atoms with van der Waals surface area (Å²) < 4.78 is 0. The molecule has 2 heteroatoms. The lowest BCUT2D eigenvalue weighted by Gasteiger charge is -2.09. The van der Waals surface area contributed by atoms with E-state index in [1.807, 2.05) is 37.3 Å². The van der Waals surface area contributed by atoms with E-state index in [-0.39, 0.29) is 6.10 Å². The van der Waals surface area contributed by atoms with Crippen LogP contribution in [0.5, 0.6) is 0 Å². The summed E-state index contributed by atoms with van der Waals surface area (Å²) in [6.45, 7) is 6.13. The van der Waals surface area contributed by atoms with Gasteiger partial charge in [0.05, 0.1) is 0 Å². The average molecular weight is 191 g/mol. The third-order valence-electron chi connectivity index (χ3n) is 1.85. The van der Waals surface area contributed by atoms with Crippen LogP contribution in [0.15, 0.2) is 35.5 Å². The van der Waals surface area contributed by atoms with E-state index in [1.165, 1.54) is 0 Å². The van der Waals surface area contributed by atoms with Crippen molar-refractivity contribution in [2.24, 2.45) is 11.1 Å². The zero-order chi connectivity index (χ0) is 10.4. The molecule has 0 aromatic heterocycles. The topological polar surface area (TPSA) is 21.6 Å². The summed E-state index contributed by atoms with van der Waals surface area (Å²) >= 11 is 0. The van der Waals surface area contributed by atoms with Crippen molar-refractivity contribution >= 4 is 6.21 Å². The first kappa shape index (κ1) is 10.8. The van der Waals surface area contributed by atoms with E-state index >= 15 is 0 Å². The van der Waals surface area contributed by atoms with Crippen LogP contribution < -0.4 is 0 Å². The molecule has 0 saturated carbocycles. The normalized spacial score (nSPS) is 13.4. The van der Waals surface area contributed by atoms with Gasteiger partial charge in [0.1, 0.15) is 6.10 Å². The Balaban J connectivity index is 2.47. The average Bonchev–Trinajstić information content (AvgIpc) is 2.18. The summed E-state index contributed by atoms with van der Waals surface area (Å²) in [7, 11) is 0. The molecule has 2 nitrogen and oxygen atoms in total. The van der Waals surface area contributed by atoms with E-state index < -0.39 is 0 Å². The summed E-state index contributed by atoms with van der Waals surface area (Å²) in [5.74, 6) is 0.429. The van der Waals surface area contributed by atoms with E-state index in [4.69, 9.17) is 4.84 Å². The molecule has 0 radical (unpaired) electrons. The molecule has 0 spiro atoms. The molecule has 0 heterocycles. The van der Waals surface area contributed by atoms with Crippen molar-refractivity contribution in [3.63, 3.8) is 0 Å². The van der Waals surface area contributed by atoms with Crippen LogP contribution in [-0.2, 0) is 4.84 Å². The molecule has 1 unspecified atom stereocenters. The molecule has 0 fully saturated rings. The van der Waals surface area contributed by atoms with Crippen molar-refractivity contribution in [3.8, 4) is 0 Å². The highest BCUT2D eigenvalue weighted by Gasteiger charge is 2.03. The molecular weight excluding hydrogens is 174 g/mol. The van der Waals surface area contributed by atoms with Crippen molar-refractivity contribution in [3.05, 3.63) is 35.9 Å². The highest BCUT2D eigenvalue weighted by Crippen LogP contribution is 2.15. The van der Waals surface area contributed by atoms with Crippen LogP contribution in [-0.4, -0.2) is 6.21 Å². The zero-order valence-electron chi connectivity index (χ0n) is 8.97. The maximum absolute atomic E-state index is 5.31. The van der Waals surface area contributed by atoms with Gasteiger partial charge in [0.2, 0.25) is 0 Å². The van der Waals surface area contributed by atoms with Gasteiger partial charge in [-0.2, -0.15) is 0 Å². The number of oxime groups is 1. The molecule has 1 aromatic rings. The monoisotopic (exact) mass is 191 g/mol. The molecule has 0 aliphatic heterocycles. The van der Waals surface area contributed by atoms with E-state index in [0.29, 0.717) is 5.92 Å². The summed E-state index contributed by atoms with van der Waals surface area (Å²) in [6.07, 6.45) is 1.82. The Morgan fingerprint density at radius 2 is 1.79 bits per heavy atom. The van der Waals surface area contributed by atoms with Gasteiger partial charge in [0.25, 0.3) is 0 Å². The van der Waals surface area contributed by atoms with Crippen molar-refractivity contribution in [2.45, 2.75) is 26.9 Å². The summed E-state index contributed by atoms with van der Waals surface area (Å²) in [4.78, 5) is 5.31. The van der Waals surface area contributed by atoms with Gasteiger partial charge in [-0.25, -0.2) is 0 Å². The van der Waals surface area contributed by atoms with Crippen LogP contribution in [0, 0.1) is 5.92 Å². The number of hydrogen-bond donors (Lipinski definition) is 0. The van der Waals surface area contributed by atoms with Crippen LogP contribution in [0.3, 0.4) is 0 Å². The Labute approximate surface area is 85.6 Å². The first-order valence-electron chi connectivity index (χ1n) is 4.94. The van der Waals surface area contributed by atoms with Crippen LogP contribution in [0.4, 0.5) is 0 Å². The Morgan fingerprint density at radius 1 is 1.14 bits per heavy atom. The van der Waals surface area contributed by atoms with E-state index in [1.54, 1.807) is 6.21 Å². The summed E-state index contributed by atoms with van der Waals surface area (Å²) in [5.41, 5.74) is 1.15. The third kappa shape index (κ3) is 3.60. The van der Waals surface area contributed by atoms with Gasteiger partial charge in [-0.05, 0) is 18.4 Å². The molecule has 14 heavy (non-hydrogen) atoms. The van der Waals surface area contributed by atoms with Gasteiger partial charge in [0.15, 0.2) is 0 Å². The molecule has 1 rings (SSSR count). The predicted octanol–water partition coefficient (Wildman–Crippen LogP) is 3.41. The lowest BCUT2D eigenvalue weighted by atomic mass is 10.1. The number of hydrogen-bond acceptors (Lipinski definition) is 2. The zero-order valence-corrected chi connectivity index (χ0v) is 8.97.